The summed E-state index contributed by atoms with van der Waals surface area (Å²) in [7, 11) is 4.28. The van der Waals surface area contributed by atoms with Crippen LogP contribution in [0.4, 0.5) is 0 Å². The molecule has 0 saturated carbocycles. The van der Waals surface area contributed by atoms with Crippen molar-refractivity contribution in [1.29, 1.82) is 0 Å². The standard InChI is InChI=1S/C13H24N4/c1-16(12-4-3-8-14-9-5-12)11-7-13-6-10-15-17(13)2/h6,10,12,14H,3-5,7-9,11H2,1-2H3. The van der Waals surface area contributed by atoms with E-state index in [9.17, 15) is 0 Å². The van der Waals surface area contributed by atoms with Crippen LogP contribution in [0.3, 0.4) is 0 Å². The van der Waals surface area contributed by atoms with E-state index in [1.807, 2.05) is 17.9 Å². The topological polar surface area (TPSA) is 33.1 Å². The van der Waals surface area contributed by atoms with E-state index >= 15 is 0 Å². The van der Waals surface area contributed by atoms with Gasteiger partial charge in [-0.15, -0.1) is 0 Å². The van der Waals surface area contributed by atoms with Gasteiger partial charge in [0, 0.05) is 37.9 Å². The summed E-state index contributed by atoms with van der Waals surface area (Å²) in [5, 5.41) is 7.68. The molecule has 0 aromatic carbocycles. The smallest absolute Gasteiger partial charge is 0.0492 e. The second-order valence-corrected chi connectivity index (χ2v) is 5.01. The van der Waals surface area contributed by atoms with Gasteiger partial charge >= 0.3 is 0 Å². The lowest BCUT2D eigenvalue weighted by Crippen LogP contribution is -2.34. The minimum Gasteiger partial charge on any atom is -0.317 e. The minimum absolute atomic E-state index is 0.748. The van der Waals surface area contributed by atoms with Gasteiger partial charge in [-0.25, -0.2) is 0 Å². The van der Waals surface area contributed by atoms with Crippen LogP contribution in [0, 0.1) is 0 Å². The molecule has 1 aromatic rings. The van der Waals surface area contributed by atoms with Crippen LogP contribution < -0.4 is 5.32 Å². The Morgan fingerprint density at radius 2 is 2.35 bits per heavy atom. The number of aryl methyl sites for hydroxylation is 1. The van der Waals surface area contributed by atoms with Gasteiger partial charge in [-0.3, -0.25) is 4.68 Å². The summed E-state index contributed by atoms with van der Waals surface area (Å²) in [6.07, 6.45) is 6.89. The van der Waals surface area contributed by atoms with Gasteiger partial charge in [0.05, 0.1) is 0 Å². The van der Waals surface area contributed by atoms with Gasteiger partial charge < -0.3 is 10.2 Å². The van der Waals surface area contributed by atoms with Gasteiger partial charge in [-0.2, -0.15) is 5.10 Å². The van der Waals surface area contributed by atoms with Crippen molar-refractivity contribution >= 4 is 0 Å². The maximum atomic E-state index is 4.21. The lowest BCUT2D eigenvalue weighted by atomic mass is 10.1. The van der Waals surface area contributed by atoms with Crippen LogP contribution in [-0.4, -0.2) is 47.4 Å². The molecule has 1 aromatic heterocycles. The highest BCUT2D eigenvalue weighted by atomic mass is 15.3. The molecule has 2 heterocycles. The van der Waals surface area contributed by atoms with Gasteiger partial charge in [0.25, 0.3) is 0 Å². The molecule has 4 nitrogen and oxygen atoms in total. The summed E-state index contributed by atoms with van der Waals surface area (Å²) in [4.78, 5) is 2.51. The molecule has 0 amide bonds. The second-order valence-electron chi connectivity index (χ2n) is 5.01. The van der Waals surface area contributed by atoms with Crippen LogP contribution in [0.5, 0.6) is 0 Å². The second kappa shape index (κ2) is 6.17. The predicted octanol–water partition coefficient (Wildman–Crippen LogP) is 1.04. The molecule has 1 saturated heterocycles. The summed E-state index contributed by atoms with van der Waals surface area (Å²) in [6, 6.07) is 2.86. The number of rotatable bonds is 4. The van der Waals surface area contributed by atoms with Gasteiger partial charge in [-0.1, -0.05) is 0 Å². The average molecular weight is 236 g/mol. The fraction of sp³-hybridized carbons (Fsp3) is 0.769. The Labute approximate surface area is 104 Å². The summed E-state index contributed by atoms with van der Waals surface area (Å²) in [5.74, 6) is 0. The molecule has 1 fully saturated rings. The van der Waals surface area contributed by atoms with Crippen LogP contribution in [-0.2, 0) is 13.5 Å². The molecule has 0 spiro atoms. The zero-order valence-corrected chi connectivity index (χ0v) is 11.0. The lowest BCUT2D eigenvalue weighted by Gasteiger charge is -2.26. The summed E-state index contributed by atoms with van der Waals surface area (Å²) in [6.45, 7) is 3.48. The van der Waals surface area contributed by atoms with Crippen molar-refractivity contribution in [3.63, 3.8) is 0 Å². The third-order valence-corrected chi connectivity index (χ3v) is 3.81. The first-order valence-corrected chi connectivity index (χ1v) is 6.65. The van der Waals surface area contributed by atoms with E-state index in [0.29, 0.717) is 0 Å². The first-order chi connectivity index (χ1) is 8.27. The van der Waals surface area contributed by atoms with Crippen molar-refractivity contribution < 1.29 is 0 Å². The maximum absolute atomic E-state index is 4.21. The summed E-state index contributed by atoms with van der Waals surface area (Å²) >= 11 is 0. The van der Waals surface area contributed by atoms with Gasteiger partial charge in [-0.05, 0) is 45.5 Å². The molecule has 1 N–H and O–H groups in total. The lowest BCUT2D eigenvalue weighted by molar-refractivity contribution is 0.226. The van der Waals surface area contributed by atoms with E-state index < -0.39 is 0 Å². The van der Waals surface area contributed by atoms with Crippen molar-refractivity contribution in [3.05, 3.63) is 18.0 Å². The first kappa shape index (κ1) is 12.6. The Kier molecular flexibility index (Phi) is 4.57. The highest BCUT2D eigenvalue weighted by Gasteiger charge is 2.16. The summed E-state index contributed by atoms with van der Waals surface area (Å²) < 4.78 is 1.97. The number of aromatic nitrogens is 2. The molecular formula is C13H24N4. The Morgan fingerprint density at radius 1 is 1.47 bits per heavy atom. The number of nitrogens with one attached hydrogen (secondary N) is 1. The summed E-state index contributed by atoms with van der Waals surface area (Å²) in [5.41, 5.74) is 1.32. The molecule has 2 rings (SSSR count). The maximum Gasteiger partial charge on any atom is 0.0492 e. The normalized spacial score (nSPS) is 21.7. The number of nitrogens with zero attached hydrogens (tertiary/aromatic N) is 3. The first-order valence-electron chi connectivity index (χ1n) is 6.65. The van der Waals surface area contributed by atoms with Crippen molar-refractivity contribution in [3.8, 4) is 0 Å². The molecule has 1 atom stereocenters. The fourth-order valence-corrected chi connectivity index (χ4v) is 2.56. The Morgan fingerprint density at radius 3 is 3.12 bits per heavy atom. The number of likely N-dealkylation sites (N-methyl/N-ethyl adjacent to an activating group) is 1. The zero-order chi connectivity index (χ0) is 12.1. The Bertz CT molecular complexity index is 326. The molecule has 0 bridgehead atoms. The van der Waals surface area contributed by atoms with Crippen molar-refractivity contribution in [2.45, 2.75) is 31.7 Å². The Hall–Kier alpha value is -0.870. The largest absolute Gasteiger partial charge is 0.317 e. The molecule has 1 aliphatic heterocycles. The third-order valence-electron chi connectivity index (χ3n) is 3.81. The monoisotopic (exact) mass is 236 g/mol. The molecule has 17 heavy (non-hydrogen) atoms. The third kappa shape index (κ3) is 3.54. The van der Waals surface area contributed by atoms with Crippen LogP contribution in [0.15, 0.2) is 12.3 Å². The van der Waals surface area contributed by atoms with Crippen molar-refractivity contribution in [2.75, 3.05) is 26.7 Å². The molecule has 1 unspecified atom stereocenters. The molecule has 4 heteroatoms. The van der Waals surface area contributed by atoms with Crippen molar-refractivity contribution in [2.24, 2.45) is 7.05 Å². The van der Waals surface area contributed by atoms with Crippen LogP contribution >= 0.6 is 0 Å². The number of hydrogen-bond acceptors (Lipinski definition) is 3. The van der Waals surface area contributed by atoms with E-state index in [0.717, 1.165) is 19.0 Å². The van der Waals surface area contributed by atoms with Gasteiger partial charge in [0.1, 0.15) is 0 Å². The highest BCUT2D eigenvalue weighted by molar-refractivity contribution is 5.00. The average Bonchev–Trinajstić information content (AvgIpc) is 2.58. The van der Waals surface area contributed by atoms with Crippen LogP contribution in [0.25, 0.3) is 0 Å². The van der Waals surface area contributed by atoms with Crippen LogP contribution in [0.1, 0.15) is 25.0 Å². The predicted molar refractivity (Wildman–Crippen MR) is 70.1 cm³/mol. The molecule has 96 valence electrons. The van der Waals surface area contributed by atoms with Crippen molar-refractivity contribution in [1.82, 2.24) is 20.0 Å². The molecular weight excluding hydrogens is 212 g/mol. The number of hydrogen-bond donors (Lipinski definition) is 1. The van der Waals surface area contributed by atoms with E-state index in [1.54, 1.807) is 0 Å². The quantitative estimate of drug-likeness (QED) is 0.848. The van der Waals surface area contributed by atoms with E-state index in [1.165, 1.54) is 38.0 Å². The highest BCUT2D eigenvalue weighted by Crippen LogP contribution is 2.12. The molecule has 1 aliphatic rings. The van der Waals surface area contributed by atoms with Gasteiger partial charge in [0.2, 0.25) is 0 Å². The van der Waals surface area contributed by atoms with E-state index in [4.69, 9.17) is 0 Å². The molecule has 0 radical (unpaired) electrons. The van der Waals surface area contributed by atoms with Crippen LogP contribution in [0.2, 0.25) is 0 Å². The minimum atomic E-state index is 0.748. The molecule has 0 aliphatic carbocycles. The zero-order valence-electron chi connectivity index (χ0n) is 11.0. The Balaban J connectivity index is 1.80. The van der Waals surface area contributed by atoms with Gasteiger partial charge in [0.15, 0.2) is 0 Å². The fourth-order valence-electron chi connectivity index (χ4n) is 2.56. The van der Waals surface area contributed by atoms with E-state index in [2.05, 4.69) is 28.4 Å². The SMILES string of the molecule is CN(CCc1ccnn1C)C1CCCNCC1. The van der Waals surface area contributed by atoms with E-state index in [-0.39, 0.29) is 0 Å².